The molecule has 0 bridgehead atoms. The summed E-state index contributed by atoms with van der Waals surface area (Å²) in [6.45, 7) is 0.158. The second-order valence-electron chi connectivity index (χ2n) is 5.60. The molecule has 3 N–H and O–H groups in total. The summed E-state index contributed by atoms with van der Waals surface area (Å²) in [5.74, 6) is 0.107. The van der Waals surface area contributed by atoms with Crippen LogP contribution in [0.5, 0.6) is 17.2 Å². The molecule has 1 heterocycles. The number of hydrogen-bond donors (Lipinski definition) is 3. The number of pyridine rings is 1. The lowest BCUT2D eigenvalue weighted by Gasteiger charge is -2.11. The van der Waals surface area contributed by atoms with E-state index in [9.17, 15) is 14.7 Å². The zero-order chi connectivity index (χ0) is 18.7. The average Bonchev–Trinajstić information content (AvgIpc) is 2.66. The zero-order valence-corrected chi connectivity index (χ0v) is 14.3. The highest BCUT2D eigenvalue weighted by Crippen LogP contribution is 2.28. The fourth-order valence-electron chi connectivity index (χ4n) is 2.70. The highest BCUT2D eigenvalue weighted by atomic mass is 16.5. The largest absolute Gasteiger partial charge is 0.506 e. The third-order valence-electron chi connectivity index (χ3n) is 4.02. The molecule has 0 atom stereocenters. The number of nitrogens with one attached hydrogen (secondary N) is 2. The van der Waals surface area contributed by atoms with Gasteiger partial charge >= 0.3 is 0 Å². The van der Waals surface area contributed by atoms with Gasteiger partial charge in [0.1, 0.15) is 11.3 Å². The highest BCUT2D eigenvalue weighted by molar-refractivity contribution is 6.01. The molecule has 3 aromatic rings. The molecule has 26 heavy (non-hydrogen) atoms. The van der Waals surface area contributed by atoms with Crippen LogP contribution >= 0.6 is 0 Å². The summed E-state index contributed by atoms with van der Waals surface area (Å²) in [7, 11) is 3.06. The summed E-state index contributed by atoms with van der Waals surface area (Å²) in [5, 5.41) is 13.4. The number of aromatic amines is 1. The minimum absolute atomic E-state index is 0.158. The molecule has 0 aliphatic carbocycles. The van der Waals surface area contributed by atoms with E-state index in [-0.39, 0.29) is 17.9 Å². The molecular formula is C19H18N2O5. The predicted octanol–water partition coefficient (Wildman–Crippen LogP) is 2.18. The second-order valence-corrected chi connectivity index (χ2v) is 5.60. The fourth-order valence-corrected chi connectivity index (χ4v) is 2.70. The van der Waals surface area contributed by atoms with Crippen molar-refractivity contribution >= 4 is 16.8 Å². The van der Waals surface area contributed by atoms with E-state index in [0.29, 0.717) is 22.4 Å². The van der Waals surface area contributed by atoms with Crippen LogP contribution in [0.15, 0.2) is 47.3 Å². The summed E-state index contributed by atoms with van der Waals surface area (Å²) in [6.07, 6.45) is 0. The quantitative estimate of drug-likeness (QED) is 0.652. The molecule has 0 fully saturated rings. The van der Waals surface area contributed by atoms with Crippen molar-refractivity contribution in [2.24, 2.45) is 0 Å². The maximum absolute atomic E-state index is 12.4. The number of ether oxygens (including phenoxy) is 2. The van der Waals surface area contributed by atoms with E-state index in [1.54, 1.807) is 42.5 Å². The van der Waals surface area contributed by atoms with Gasteiger partial charge in [0.2, 0.25) is 0 Å². The standard InChI is InChI=1S/C19H18N2O5/c1-25-14-8-7-11(9-15(14)26-2)10-20-18(23)16-17(22)12-5-3-4-6-13(12)21-19(16)24/h3-9H,10H2,1-2H3,(H,20,23)(H2,21,22,24). The molecule has 7 nitrogen and oxygen atoms in total. The molecule has 134 valence electrons. The van der Waals surface area contributed by atoms with E-state index in [0.717, 1.165) is 5.56 Å². The van der Waals surface area contributed by atoms with Gasteiger partial charge < -0.3 is 24.9 Å². The number of carbonyl (C=O) groups excluding carboxylic acids is 1. The Bertz CT molecular complexity index is 1030. The summed E-state index contributed by atoms with van der Waals surface area (Å²) in [6, 6.07) is 11.9. The number of aromatic hydroxyl groups is 1. The van der Waals surface area contributed by atoms with E-state index in [1.807, 2.05) is 0 Å². The predicted molar refractivity (Wildman–Crippen MR) is 96.9 cm³/mol. The van der Waals surface area contributed by atoms with Crippen LogP contribution in [-0.2, 0) is 6.54 Å². The van der Waals surface area contributed by atoms with Crippen molar-refractivity contribution in [2.75, 3.05) is 14.2 Å². The van der Waals surface area contributed by atoms with E-state index >= 15 is 0 Å². The number of hydrogen-bond acceptors (Lipinski definition) is 5. The van der Waals surface area contributed by atoms with Crippen LogP contribution in [0.25, 0.3) is 10.9 Å². The first kappa shape index (κ1) is 17.3. The number of rotatable bonds is 5. The van der Waals surface area contributed by atoms with Gasteiger partial charge in [-0.25, -0.2) is 0 Å². The van der Waals surface area contributed by atoms with Crippen molar-refractivity contribution in [3.8, 4) is 17.2 Å². The lowest BCUT2D eigenvalue weighted by atomic mass is 10.1. The number of methoxy groups -OCH3 is 2. The number of H-pyrrole nitrogens is 1. The van der Waals surface area contributed by atoms with Gasteiger partial charge in [-0.3, -0.25) is 9.59 Å². The van der Waals surface area contributed by atoms with E-state index in [4.69, 9.17) is 9.47 Å². The van der Waals surface area contributed by atoms with E-state index in [2.05, 4.69) is 10.3 Å². The molecule has 1 aromatic heterocycles. The first-order valence-electron chi connectivity index (χ1n) is 7.88. The van der Waals surface area contributed by atoms with Gasteiger partial charge in [0.25, 0.3) is 11.5 Å². The van der Waals surface area contributed by atoms with Gasteiger partial charge in [-0.1, -0.05) is 18.2 Å². The Hall–Kier alpha value is -3.48. The lowest BCUT2D eigenvalue weighted by Crippen LogP contribution is -2.29. The maximum Gasteiger partial charge on any atom is 0.265 e. The monoisotopic (exact) mass is 354 g/mol. The van der Waals surface area contributed by atoms with Gasteiger partial charge in [0.05, 0.1) is 19.7 Å². The Labute approximate surface area is 149 Å². The minimum Gasteiger partial charge on any atom is -0.506 e. The maximum atomic E-state index is 12.4. The zero-order valence-electron chi connectivity index (χ0n) is 14.3. The van der Waals surface area contributed by atoms with Crippen LogP contribution in [0.3, 0.4) is 0 Å². The van der Waals surface area contributed by atoms with E-state index in [1.165, 1.54) is 14.2 Å². The van der Waals surface area contributed by atoms with Crippen molar-refractivity contribution in [3.05, 3.63) is 63.9 Å². The summed E-state index contributed by atoms with van der Waals surface area (Å²) in [5.41, 5.74) is 0.259. The lowest BCUT2D eigenvalue weighted by molar-refractivity contribution is 0.0947. The molecule has 2 aromatic carbocycles. The van der Waals surface area contributed by atoms with Crippen molar-refractivity contribution < 1.29 is 19.4 Å². The second kappa shape index (κ2) is 7.18. The Balaban J connectivity index is 1.85. The number of para-hydroxylation sites is 1. The van der Waals surface area contributed by atoms with Crippen molar-refractivity contribution in [2.45, 2.75) is 6.54 Å². The van der Waals surface area contributed by atoms with Crippen LogP contribution in [-0.4, -0.2) is 30.2 Å². The minimum atomic E-state index is -0.663. The molecule has 0 radical (unpaired) electrons. The van der Waals surface area contributed by atoms with Gasteiger partial charge in [-0.05, 0) is 29.8 Å². The van der Waals surface area contributed by atoms with Crippen LogP contribution < -0.4 is 20.3 Å². The van der Waals surface area contributed by atoms with Gasteiger partial charge in [-0.2, -0.15) is 0 Å². The molecule has 0 spiro atoms. The van der Waals surface area contributed by atoms with Crippen LogP contribution in [0.2, 0.25) is 0 Å². The fraction of sp³-hybridized carbons (Fsp3) is 0.158. The summed E-state index contributed by atoms with van der Waals surface area (Å²) in [4.78, 5) is 27.2. The number of amides is 1. The molecule has 0 aliphatic rings. The van der Waals surface area contributed by atoms with Crippen LogP contribution in [0.4, 0.5) is 0 Å². The molecule has 0 unspecified atom stereocenters. The van der Waals surface area contributed by atoms with Gasteiger partial charge in [-0.15, -0.1) is 0 Å². The number of aromatic nitrogens is 1. The molecule has 0 saturated carbocycles. The molecule has 3 rings (SSSR count). The van der Waals surface area contributed by atoms with Crippen molar-refractivity contribution in [1.29, 1.82) is 0 Å². The Kier molecular flexibility index (Phi) is 4.79. The van der Waals surface area contributed by atoms with Crippen LogP contribution in [0.1, 0.15) is 15.9 Å². The van der Waals surface area contributed by atoms with Crippen molar-refractivity contribution in [1.82, 2.24) is 10.3 Å². The first-order valence-corrected chi connectivity index (χ1v) is 7.88. The van der Waals surface area contributed by atoms with E-state index < -0.39 is 11.5 Å². The van der Waals surface area contributed by atoms with Gasteiger partial charge in [0, 0.05) is 11.9 Å². The average molecular weight is 354 g/mol. The summed E-state index contributed by atoms with van der Waals surface area (Å²) < 4.78 is 10.4. The number of carbonyl (C=O) groups is 1. The molecule has 7 heteroatoms. The highest BCUT2D eigenvalue weighted by Gasteiger charge is 2.19. The normalized spacial score (nSPS) is 10.5. The Morgan fingerprint density at radius 2 is 1.85 bits per heavy atom. The smallest absolute Gasteiger partial charge is 0.265 e. The first-order chi connectivity index (χ1) is 12.5. The summed E-state index contributed by atoms with van der Waals surface area (Å²) >= 11 is 0. The number of fused-ring (bicyclic) bond motifs is 1. The molecule has 0 aliphatic heterocycles. The molecule has 1 amide bonds. The Morgan fingerprint density at radius 1 is 1.12 bits per heavy atom. The molecule has 0 saturated heterocycles. The Morgan fingerprint density at radius 3 is 2.58 bits per heavy atom. The van der Waals surface area contributed by atoms with Crippen molar-refractivity contribution in [3.63, 3.8) is 0 Å². The number of benzene rings is 2. The SMILES string of the molecule is COc1ccc(CNC(=O)c2c(O)c3ccccc3[nH]c2=O)cc1OC. The van der Waals surface area contributed by atoms with Crippen LogP contribution in [0, 0.1) is 0 Å². The third-order valence-corrected chi connectivity index (χ3v) is 4.02. The molecular weight excluding hydrogens is 336 g/mol. The third kappa shape index (κ3) is 3.19. The topological polar surface area (TPSA) is 101 Å². The van der Waals surface area contributed by atoms with Gasteiger partial charge in [0.15, 0.2) is 11.5 Å².